The molecule has 1 saturated heterocycles. The standard InChI is InChI=1S/C19H23N5O3/c1-26-11-10-24-14-20-18-12-15(2-3-17(18)19(24)25)23-8-6-22(7-9-23)13-16-4-5-21-27-16/h2-5,12,14H,6-11,13H2,1H3. The van der Waals surface area contributed by atoms with Gasteiger partial charge in [0.25, 0.3) is 5.56 Å². The summed E-state index contributed by atoms with van der Waals surface area (Å²) in [6, 6.07) is 7.80. The number of benzene rings is 1. The van der Waals surface area contributed by atoms with Gasteiger partial charge in [-0.05, 0) is 18.2 Å². The number of methoxy groups -OCH3 is 1. The van der Waals surface area contributed by atoms with Crippen LogP contribution in [-0.4, -0.2) is 59.5 Å². The second-order valence-electron chi connectivity index (χ2n) is 6.68. The summed E-state index contributed by atoms with van der Waals surface area (Å²) in [5.74, 6) is 0.892. The van der Waals surface area contributed by atoms with Crippen molar-refractivity contribution >= 4 is 16.6 Å². The van der Waals surface area contributed by atoms with E-state index in [2.05, 4.69) is 19.9 Å². The fourth-order valence-electron chi connectivity index (χ4n) is 3.40. The van der Waals surface area contributed by atoms with Crippen LogP contribution in [-0.2, 0) is 17.8 Å². The van der Waals surface area contributed by atoms with Crippen LogP contribution in [0.4, 0.5) is 5.69 Å². The maximum absolute atomic E-state index is 12.5. The summed E-state index contributed by atoms with van der Waals surface area (Å²) in [5, 5.41) is 4.40. The van der Waals surface area contributed by atoms with Gasteiger partial charge < -0.3 is 14.2 Å². The molecule has 0 N–H and O–H groups in total. The first-order valence-corrected chi connectivity index (χ1v) is 9.09. The van der Waals surface area contributed by atoms with Crippen molar-refractivity contribution in [1.29, 1.82) is 0 Å². The highest BCUT2D eigenvalue weighted by molar-refractivity contribution is 5.81. The van der Waals surface area contributed by atoms with Crippen LogP contribution in [0, 0.1) is 0 Å². The van der Waals surface area contributed by atoms with Crippen molar-refractivity contribution in [2.45, 2.75) is 13.1 Å². The highest BCUT2D eigenvalue weighted by Gasteiger charge is 2.19. The Morgan fingerprint density at radius 3 is 2.78 bits per heavy atom. The lowest BCUT2D eigenvalue weighted by Crippen LogP contribution is -2.45. The average molecular weight is 369 g/mol. The number of piperazine rings is 1. The molecule has 2 aromatic heterocycles. The molecule has 3 heterocycles. The molecule has 0 spiro atoms. The third-order valence-electron chi connectivity index (χ3n) is 4.95. The first kappa shape index (κ1) is 17.7. The zero-order valence-corrected chi connectivity index (χ0v) is 15.4. The van der Waals surface area contributed by atoms with Crippen LogP contribution in [0.2, 0.25) is 0 Å². The molecule has 142 valence electrons. The van der Waals surface area contributed by atoms with Gasteiger partial charge in [-0.2, -0.15) is 0 Å². The monoisotopic (exact) mass is 369 g/mol. The molecule has 27 heavy (non-hydrogen) atoms. The zero-order valence-electron chi connectivity index (χ0n) is 15.4. The Morgan fingerprint density at radius 2 is 2.04 bits per heavy atom. The van der Waals surface area contributed by atoms with E-state index in [1.54, 1.807) is 24.2 Å². The summed E-state index contributed by atoms with van der Waals surface area (Å²) in [7, 11) is 1.62. The van der Waals surface area contributed by atoms with Crippen LogP contribution in [0.15, 0.2) is 46.1 Å². The maximum atomic E-state index is 12.5. The van der Waals surface area contributed by atoms with E-state index in [0.29, 0.717) is 18.5 Å². The molecule has 0 atom stereocenters. The molecule has 0 saturated carbocycles. The number of hydrogen-bond donors (Lipinski definition) is 0. The Hall–Kier alpha value is -2.71. The normalized spacial score (nSPS) is 15.5. The van der Waals surface area contributed by atoms with Crippen LogP contribution in [0.5, 0.6) is 0 Å². The van der Waals surface area contributed by atoms with Crippen molar-refractivity contribution in [3.05, 3.63) is 52.9 Å². The van der Waals surface area contributed by atoms with E-state index in [1.807, 2.05) is 24.3 Å². The number of aromatic nitrogens is 3. The van der Waals surface area contributed by atoms with Gasteiger partial charge in [0, 0.05) is 45.0 Å². The molecule has 0 radical (unpaired) electrons. The Bertz CT molecular complexity index is 946. The molecule has 1 aliphatic rings. The average Bonchev–Trinajstić information content (AvgIpc) is 3.21. The number of nitrogens with zero attached hydrogens (tertiary/aromatic N) is 5. The van der Waals surface area contributed by atoms with Crippen LogP contribution >= 0.6 is 0 Å². The molecular weight excluding hydrogens is 346 g/mol. The van der Waals surface area contributed by atoms with E-state index in [4.69, 9.17) is 9.26 Å². The fourth-order valence-corrected chi connectivity index (χ4v) is 3.40. The molecule has 8 heteroatoms. The fraction of sp³-hybridized carbons (Fsp3) is 0.421. The van der Waals surface area contributed by atoms with E-state index in [0.717, 1.165) is 49.7 Å². The third-order valence-corrected chi connectivity index (χ3v) is 4.95. The van der Waals surface area contributed by atoms with Gasteiger partial charge in [0.1, 0.15) is 0 Å². The molecule has 0 amide bonds. The van der Waals surface area contributed by atoms with Gasteiger partial charge in [-0.3, -0.25) is 14.3 Å². The number of ether oxygens (including phenoxy) is 1. The molecule has 4 rings (SSSR count). The molecule has 0 aliphatic carbocycles. The molecule has 1 aromatic carbocycles. The van der Waals surface area contributed by atoms with Crippen LogP contribution < -0.4 is 10.5 Å². The van der Waals surface area contributed by atoms with Gasteiger partial charge in [0.15, 0.2) is 5.76 Å². The summed E-state index contributed by atoms with van der Waals surface area (Å²) >= 11 is 0. The van der Waals surface area contributed by atoms with Crippen LogP contribution in [0.3, 0.4) is 0 Å². The first-order valence-electron chi connectivity index (χ1n) is 9.09. The van der Waals surface area contributed by atoms with E-state index in [9.17, 15) is 4.79 Å². The molecule has 1 fully saturated rings. The van der Waals surface area contributed by atoms with Crippen molar-refractivity contribution in [2.75, 3.05) is 44.8 Å². The predicted octanol–water partition coefficient (Wildman–Crippen LogP) is 1.35. The Balaban J connectivity index is 1.46. The molecule has 0 unspecified atom stereocenters. The zero-order chi connectivity index (χ0) is 18.6. The van der Waals surface area contributed by atoms with Gasteiger partial charge >= 0.3 is 0 Å². The van der Waals surface area contributed by atoms with Gasteiger partial charge in [-0.15, -0.1) is 0 Å². The first-order chi connectivity index (χ1) is 13.2. The summed E-state index contributed by atoms with van der Waals surface area (Å²) in [6.07, 6.45) is 3.28. The quantitative estimate of drug-likeness (QED) is 0.649. The minimum Gasteiger partial charge on any atom is -0.383 e. The number of hydrogen-bond acceptors (Lipinski definition) is 7. The summed E-state index contributed by atoms with van der Waals surface area (Å²) < 4.78 is 11.8. The highest BCUT2D eigenvalue weighted by atomic mass is 16.5. The molecule has 8 nitrogen and oxygen atoms in total. The van der Waals surface area contributed by atoms with Crippen molar-refractivity contribution in [3.63, 3.8) is 0 Å². The molecule has 3 aromatic rings. The van der Waals surface area contributed by atoms with Gasteiger partial charge in [-0.25, -0.2) is 4.98 Å². The maximum Gasteiger partial charge on any atom is 0.261 e. The predicted molar refractivity (Wildman–Crippen MR) is 102 cm³/mol. The van der Waals surface area contributed by atoms with Crippen molar-refractivity contribution in [1.82, 2.24) is 19.6 Å². The number of anilines is 1. The van der Waals surface area contributed by atoms with E-state index in [-0.39, 0.29) is 5.56 Å². The highest BCUT2D eigenvalue weighted by Crippen LogP contribution is 2.21. The van der Waals surface area contributed by atoms with Gasteiger partial charge in [0.2, 0.25) is 0 Å². The second kappa shape index (κ2) is 7.89. The summed E-state index contributed by atoms with van der Waals surface area (Å²) in [6.45, 7) is 5.52. The van der Waals surface area contributed by atoms with E-state index >= 15 is 0 Å². The lowest BCUT2D eigenvalue weighted by atomic mass is 10.2. The van der Waals surface area contributed by atoms with Crippen LogP contribution in [0.25, 0.3) is 10.9 Å². The molecule has 0 bridgehead atoms. The second-order valence-corrected chi connectivity index (χ2v) is 6.68. The lowest BCUT2D eigenvalue weighted by Gasteiger charge is -2.35. The van der Waals surface area contributed by atoms with Gasteiger partial charge in [-0.1, -0.05) is 5.16 Å². The topological polar surface area (TPSA) is 76.6 Å². The Morgan fingerprint density at radius 1 is 1.19 bits per heavy atom. The van der Waals surface area contributed by atoms with Crippen LogP contribution in [0.1, 0.15) is 5.76 Å². The van der Waals surface area contributed by atoms with E-state index in [1.165, 1.54) is 0 Å². The minimum atomic E-state index is -0.0273. The molecule has 1 aliphatic heterocycles. The summed E-state index contributed by atoms with van der Waals surface area (Å²) in [5.41, 5.74) is 1.80. The number of rotatable bonds is 6. The Labute approximate surface area is 156 Å². The summed E-state index contributed by atoms with van der Waals surface area (Å²) in [4.78, 5) is 21.7. The van der Waals surface area contributed by atoms with E-state index < -0.39 is 0 Å². The van der Waals surface area contributed by atoms with Crippen molar-refractivity contribution in [2.24, 2.45) is 0 Å². The SMILES string of the molecule is COCCn1cnc2cc(N3CCN(Cc4ccno4)CC3)ccc2c1=O. The minimum absolute atomic E-state index is 0.0273. The third kappa shape index (κ3) is 3.86. The molecular formula is C19H23N5O3. The van der Waals surface area contributed by atoms with Crippen molar-refractivity contribution in [3.8, 4) is 0 Å². The van der Waals surface area contributed by atoms with Gasteiger partial charge in [0.05, 0.1) is 43.1 Å². The number of fused-ring (bicyclic) bond motifs is 1. The largest absolute Gasteiger partial charge is 0.383 e. The van der Waals surface area contributed by atoms with Crippen molar-refractivity contribution < 1.29 is 9.26 Å². The Kier molecular flexibility index (Phi) is 5.17. The smallest absolute Gasteiger partial charge is 0.261 e. The lowest BCUT2D eigenvalue weighted by molar-refractivity contribution is 0.186.